The topological polar surface area (TPSA) is 173 Å². The van der Waals surface area contributed by atoms with E-state index in [1.54, 1.807) is 0 Å². The number of ether oxygens (including phenoxy) is 1. The van der Waals surface area contributed by atoms with Gasteiger partial charge in [0.1, 0.15) is 23.5 Å². The van der Waals surface area contributed by atoms with Gasteiger partial charge in [-0.05, 0) is 25.7 Å². The van der Waals surface area contributed by atoms with Crippen LogP contribution in [0.3, 0.4) is 0 Å². The van der Waals surface area contributed by atoms with Crippen LogP contribution >= 0.6 is 11.6 Å². The van der Waals surface area contributed by atoms with Crippen LogP contribution in [-0.4, -0.2) is 94.7 Å². The zero-order valence-corrected chi connectivity index (χ0v) is 19.9. The highest BCUT2D eigenvalue weighted by Gasteiger charge is 2.34. The minimum atomic E-state index is -2.01. The summed E-state index contributed by atoms with van der Waals surface area (Å²) >= 11 is 6.25. The molecule has 0 saturated heterocycles. The number of aliphatic hydroxyl groups is 5. The maximum Gasteiger partial charge on any atom is 0.336 e. The van der Waals surface area contributed by atoms with Gasteiger partial charge in [0, 0.05) is 43.1 Å². The highest BCUT2D eigenvalue weighted by atomic mass is 35.5. The number of hydrogen-bond donors (Lipinski definition) is 6. The standard InChI is InChI=1S/C22H31ClN2O9/c1-11(10-26)19(29)20(30)21(31)22(32)34-16-9-15-13(8-14(16)23)12(7-18(28)33-15)6-17(27)24-4-5-25(2)3/h7-9,11,19-22,26,29-32H,4-6,10H2,1-3H3,(H,24,27). The summed E-state index contributed by atoms with van der Waals surface area (Å²) in [7, 11) is 3.75. The van der Waals surface area contributed by atoms with E-state index < -0.39 is 42.8 Å². The van der Waals surface area contributed by atoms with Crippen LogP contribution in [0.2, 0.25) is 5.02 Å². The van der Waals surface area contributed by atoms with Crippen molar-refractivity contribution in [1.82, 2.24) is 10.2 Å². The van der Waals surface area contributed by atoms with Crippen molar-refractivity contribution in [3.05, 3.63) is 39.2 Å². The summed E-state index contributed by atoms with van der Waals surface area (Å²) < 4.78 is 10.4. The molecular formula is C22H31ClN2O9. The molecule has 1 heterocycles. The Bertz CT molecular complexity index is 1030. The number of likely N-dealkylation sites (N-methyl/N-ethyl adjacent to an activating group) is 1. The predicted molar refractivity (Wildman–Crippen MR) is 124 cm³/mol. The van der Waals surface area contributed by atoms with E-state index in [2.05, 4.69) is 5.32 Å². The SMILES string of the molecule is CC(CO)C(O)C(O)C(O)C(O)Oc1cc2oc(=O)cc(CC(=O)NCCN(C)C)c2cc1Cl. The van der Waals surface area contributed by atoms with Crippen LogP contribution in [0.15, 0.2) is 27.4 Å². The Morgan fingerprint density at radius 3 is 2.44 bits per heavy atom. The molecule has 0 radical (unpaired) electrons. The first kappa shape index (κ1) is 28.0. The normalized spacial score (nSPS) is 16.2. The molecule has 0 bridgehead atoms. The fourth-order valence-electron chi connectivity index (χ4n) is 3.13. The van der Waals surface area contributed by atoms with Gasteiger partial charge in [0.25, 0.3) is 0 Å². The smallest absolute Gasteiger partial charge is 0.336 e. The quantitative estimate of drug-likeness (QED) is 0.157. The second-order valence-electron chi connectivity index (χ2n) is 8.34. The molecule has 5 unspecified atom stereocenters. The highest BCUT2D eigenvalue weighted by molar-refractivity contribution is 6.32. The number of nitrogens with zero attached hydrogens (tertiary/aromatic N) is 1. The van der Waals surface area contributed by atoms with E-state index in [0.717, 1.165) is 0 Å². The van der Waals surface area contributed by atoms with Crippen LogP contribution in [0.5, 0.6) is 5.75 Å². The van der Waals surface area contributed by atoms with Gasteiger partial charge in [0.2, 0.25) is 12.2 Å². The third kappa shape index (κ3) is 7.37. The number of carbonyl (C=O) groups excluding carboxylic acids is 1. The average Bonchev–Trinajstić information content (AvgIpc) is 2.77. The van der Waals surface area contributed by atoms with Crippen molar-refractivity contribution in [3.8, 4) is 5.75 Å². The minimum absolute atomic E-state index is 0.0270. The molecule has 0 aliphatic carbocycles. The summed E-state index contributed by atoms with van der Waals surface area (Å²) in [6, 6.07) is 3.78. The molecule has 0 fully saturated rings. The minimum Gasteiger partial charge on any atom is -0.460 e. The Morgan fingerprint density at radius 1 is 1.15 bits per heavy atom. The van der Waals surface area contributed by atoms with Gasteiger partial charge < -0.3 is 44.9 Å². The fraction of sp³-hybridized carbons (Fsp3) is 0.545. The second-order valence-corrected chi connectivity index (χ2v) is 8.75. The first-order chi connectivity index (χ1) is 15.9. The van der Waals surface area contributed by atoms with E-state index in [0.29, 0.717) is 24.0 Å². The zero-order valence-electron chi connectivity index (χ0n) is 19.1. The molecule has 0 aliphatic rings. The molecule has 6 N–H and O–H groups in total. The van der Waals surface area contributed by atoms with Crippen molar-refractivity contribution in [3.63, 3.8) is 0 Å². The lowest BCUT2D eigenvalue weighted by Crippen LogP contribution is -2.49. The number of fused-ring (bicyclic) bond motifs is 1. The van der Waals surface area contributed by atoms with Crippen LogP contribution in [-0.2, 0) is 11.2 Å². The lowest BCUT2D eigenvalue weighted by Gasteiger charge is -2.29. The van der Waals surface area contributed by atoms with Crippen LogP contribution in [0.4, 0.5) is 0 Å². The molecule has 190 valence electrons. The van der Waals surface area contributed by atoms with E-state index in [1.165, 1.54) is 25.1 Å². The molecule has 12 heteroatoms. The van der Waals surface area contributed by atoms with E-state index >= 15 is 0 Å². The molecule has 2 rings (SSSR count). The summed E-state index contributed by atoms with van der Waals surface area (Å²) in [4.78, 5) is 26.2. The van der Waals surface area contributed by atoms with Crippen molar-refractivity contribution in [2.45, 2.75) is 37.9 Å². The van der Waals surface area contributed by atoms with Crippen LogP contribution in [0, 0.1) is 5.92 Å². The maximum absolute atomic E-state index is 12.3. The second kappa shape index (κ2) is 12.5. The molecule has 0 spiro atoms. The lowest BCUT2D eigenvalue weighted by molar-refractivity contribution is -0.172. The lowest BCUT2D eigenvalue weighted by atomic mass is 9.97. The van der Waals surface area contributed by atoms with E-state index in [-0.39, 0.29) is 28.7 Å². The molecule has 1 amide bonds. The van der Waals surface area contributed by atoms with Gasteiger partial charge in [-0.3, -0.25) is 4.79 Å². The number of nitrogens with one attached hydrogen (secondary N) is 1. The summed E-state index contributed by atoms with van der Waals surface area (Å²) in [6.07, 6.45) is -7.41. The molecule has 0 aliphatic heterocycles. The number of halogens is 1. The number of amides is 1. The van der Waals surface area contributed by atoms with Gasteiger partial charge in [-0.1, -0.05) is 18.5 Å². The fourth-order valence-corrected chi connectivity index (χ4v) is 3.34. The summed E-state index contributed by atoms with van der Waals surface area (Å²) in [5, 5.41) is 52.5. The van der Waals surface area contributed by atoms with Gasteiger partial charge in [-0.15, -0.1) is 0 Å². The third-order valence-corrected chi connectivity index (χ3v) is 5.52. The Balaban J connectivity index is 2.23. The monoisotopic (exact) mass is 502 g/mol. The van der Waals surface area contributed by atoms with Gasteiger partial charge >= 0.3 is 5.63 Å². The number of benzene rings is 1. The predicted octanol–water partition coefficient (Wildman–Crippen LogP) is -0.925. The van der Waals surface area contributed by atoms with Gasteiger partial charge in [-0.2, -0.15) is 0 Å². The molecule has 11 nitrogen and oxygen atoms in total. The Morgan fingerprint density at radius 2 is 1.82 bits per heavy atom. The van der Waals surface area contributed by atoms with E-state index in [1.807, 2.05) is 19.0 Å². The number of aliphatic hydroxyl groups excluding tert-OH is 5. The Labute approximate surface area is 201 Å². The molecule has 2 aromatic rings. The molecule has 1 aromatic heterocycles. The first-order valence-corrected chi connectivity index (χ1v) is 11.0. The van der Waals surface area contributed by atoms with Gasteiger partial charge in [0.15, 0.2) is 0 Å². The van der Waals surface area contributed by atoms with Gasteiger partial charge in [0.05, 0.1) is 17.5 Å². The number of carbonyl (C=O) groups is 1. The Kier molecular flexibility index (Phi) is 10.3. The average molecular weight is 503 g/mol. The highest BCUT2D eigenvalue weighted by Crippen LogP contribution is 2.32. The summed E-state index contributed by atoms with van der Waals surface area (Å²) in [5.41, 5.74) is -0.313. The molecule has 1 aromatic carbocycles. The maximum atomic E-state index is 12.3. The largest absolute Gasteiger partial charge is 0.460 e. The molecular weight excluding hydrogens is 472 g/mol. The van der Waals surface area contributed by atoms with Crippen molar-refractivity contribution in [2.75, 3.05) is 33.8 Å². The third-order valence-electron chi connectivity index (χ3n) is 5.23. The van der Waals surface area contributed by atoms with Crippen molar-refractivity contribution in [1.29, 1.82) is 0 Å². The number of hydrogen-bond acceptors (Lipinski definition) is 10. The summed E-state index contributed by atoms with van der Waals surface area (Å²) in [6.45, 7) is 2.07. The molecule has 0 saturated carbocycles. The van der Waals surface area contributed by atoms with Crippen LogP contribution < -0.4 is 15.7 Å². The number of rotatable bonds is 12. The summed E-state index contributed by atoms with van der Waals surface area (Å²) in [5.74, 6) is -1.24. The Hall–Kier alpha value is -2.25. The first-order valence-electron chi connectivity index (χ1n) is 10.6. The van der Waals surface area contributed by atoms with Crippen LogP contribution in [0.25, 0.3) is 11.0 Å². The van der Waals surface area contributed by atoms with Crippen molar-refractivity contribution < 1.29 is 39.5 Å². The zero-order chi connectivity index (χ0) is 25.6. The van der Waals surface area contributed by atoms with Crippen molar-refractivity contribution in [2.24, 2.45) is 5.92 Å². The molecule has 5 atom stereocenters. The van der Waals surface area contributed by atoms with Crippen LogP contribution in [0.1, 0.15) is 12.5 Å². The molecule has 34 heavy (non-hydrogen) atoms. The van der Waals surface area contributed by atoms with Gasteiger partial charge in [-0.25, -0.2) is 4.79 Å². The van der Waals surface area contributed by atoms with Crippen molar-refractivity contribution >= 4 is 28.5 Å². The van der Waals surface area contributed by atoms with E-state index in [4.69, 9.17) is 25.9 Å². The van der Waals surface area contributed by atoms with E-state index in [9.17, 15) is 30.0 Å².